The van der Waals surface area contributed by atoms with Gasteiger partial charge in [-0.05, 0) is 24.3 Å². The van der Waals surface area contributed by atoms with Gasteiger partial charge < -0.3 is 9.47 Å². The first-order chi connectivity index (χ1) is 9.81. The highest BCUT2D eigenvalue weighted by atomic mass is 35.5. The number of methoxy groups -OCH3 is 1. The van der Waals surface area contributed by atoms with Crippen LogP contribution in [0.5, 0.6) is 10.9 Å². The molecule has 1 aromatic heterocycles. The van der Waals surface area contributed by atoms with Crippen LogP contribution in [0.2, 0.25) is 5.15 Å². The molecule has 0 amide bonds. The second kappa shape index (κ2) is 6.00. The third kappa shape index (κ3) is 3.72. The summed E-state index contributed by atoms with van der Waals surface area (Å²) in [5, 5.41) is 0.155. The Labute approximate surface area is 130 Å². The Hall–Kier alpha value is -1.64. The molecule has 0 unspecified atom stereocenters. The van der Waals surface area contributed by atoms with Crippen molar-refractivity contribution in [1.82, 2.24) is 4.98 Å². The van der Waals surface area contributed by atoms with E-state index in [1.165, 1.54) is 31.4 Å². The van der Waals surface area contributed by atoms with Crippen LogP contribution in [0.1, 0.15) is 9.67 Å². The lowest BCUT2D eigenvalue weighted by atomic mass is 10.3. The van der Waals surface area contributed by atoms with Gasteiger partial charge in [-0.25, -0.2) is 13.2 Å². The quantitative estimate of drug-likeness (QED) is 0.791. The monoisotopic (exact) mass is 347 g/mol. The Morgan fingerprint density at radius 3 is 2.43 bits per heavy atom. The Kier molecular flexibility index (Phi) is 4.50. The molecule has 9 heteroatoms. The van der Waals surface area contributed by atoms with Crippen LogP contribution in [0.25, 0.3) is 0 Å². The number of nitrogens with zero attached hydrogens (tertiary/aromatic N) is 1. The minimum Gasteiger partial charge on any atom is -0.465 e. The number of aromatic nitrogens is 1. The predicted molar refractivity (Wildman–Crippen MR) is 78.1 cm³/mol. The third-order valence-electron chi connectivity index (χ3n) is 2.39. The molecule has 0 aliphatic rings. The number of thiazole rings is 1. The lowest BCUT2D eigenvalue weighted by molar-refractivity contribution is 0.0606. The number of carbonyl (C=O) groups is 1. The van der Waals surface area contributed by atoms with Crippen molar-refractivity contribution in [3.8, 4) is 10.9 Å². The highest BCUT2D eigenvalue weighted by Crippen LogP contribution is 2.32. The minimum atomic E-state index is -3.26. The smallest absolute Gasteiger partial charge is 0.351 e. The van der Waals surface area contributed by atoms with Crippen LogP contribution in [0.3, 0.4) is 0 Å². The van der Waals surface area contributed by atoms with Gasteiger partial charge in [-0.2, -0.15) is 4.98 Å². The number of hydrogen-bond donors (Lipinski definition) is 0. The van der Waals surface area contributed by atoms with Crippen LogP contribution >= 0.6 is 22.9 Å². The van der Waals surface area contributed by atoms with Gasteiger partial charge in [0.2, 0.25) is 0 Å². The molecular weight excluding hydrogens is 338 g/mol. The zero-order valence-electron chi connectivity index (χ0n) is 11.0. The SMILES string of the molecule is COC(=O)c1sc(Oc2ccc(S(C)(=O)=O)cc2)nc1Cl. The van der Waals surface area contributed by atoms with Gasteiger partial charge >= 0.3 is 5.97 Å². The summed E-state index contributed by atoms with van der Waals surface area (Å²) in [4.78, 5) is 15.6. The van der Waals surface area contributed by atoms with Crippen molar-refractivity contribution in [1.29, 1.82) is 0 Å². The van der Waals surface area contributed by atoms with Crippen LogP contribution in [-0.4, -0.2) is 32.7 Å². The van der Waals surface area contributed by atoms with Crippen molar-refractivity contribution in [2.45, 2.75) is 4.90 Å². The third-order valence-corrected chi connectivity index (χ3v) is 4.82. The van der Waals surface area contributed by atoms with Crippen molar-refractivity contribution in [2.24, 2.45) is 0 Å². The number of carbonyl (C=O) groups excluding carboxylic acids is 1. The first kappa shape index (κ1) is 15.7. The largest absolute Gasteiger partial charge is 0.465 e. The van der Waals surface area contributed by atoms with Crippen molar-refractivity contribution in [3.63, 3.8) is 0 Å². The van der Waals surface area contributed by atoms with E-state index in [9.17, 15) is 13.2 Å². The fourth-order valence-electron chi connectivity index (χ4n) is 1.40. The maximum atomic E-state index is 11.4. The summed E-state index contributed by atoms with van der Waals surface area (Å²) in [6.07, 6.45) is 1.12. The molecule has 2 rings (SSSR count). The average molecular weight is 348 g/mol. The molecule has 6 nitrogen and oxygen atoms in total. The Morgan fingerprint density at radius 1 is 1.29 bits per heavy atom. The Bertz CT molecular complexity index is 767. The molecule has 0 saturated carbocycles. The summed E-state index contributed by atoms with van der Waals surface area (Å²) in [6, 6.07) is 5.81. The maximum Gasteiger partial charge on any atom is 0.351 e. The number of rotatable bonds is 4. The van der Waals surface area contributed by atoms with Crippen LogP contribution in [0.4, 0.5) is 0 Å². The molecule has 1 aromatic carbocycles. The van der Waals surface area contributed by atoms with Gasteiger partial charge in [0.15, 0.2) is 19.9 Å². The van der Waals surface area contributed by atoms with E-state index < -0.39 is 15.8 Å². The second-order valence-corrected chi connectivity index (χ2v) is 7.27. The molecule has 1 heterocycles. The van der Waals surface area contributed by atoms with Gasteiger partial charge in [0.25, 0.3) is 5.19 Å². The molecule has 0 atom stereocenters. The molecule has 0 saturated heterocycles. The standard InChI is InChI=1S/C12H10ClNO5S2/c1-18-11(15)9-10(13)14-12(20-9)19-7-3-5-8(6-4-7)21(2,16)17/h3-6H,1-2H3. The number of hydrogen-bond acceptors (Lipinski definition) is 7. The number of ether oxygens (including phenoxy) is 2. The molecule has 0 radical (unpaired) electrons. The van der Waals surface area contributed by atoms with E-state index >= 15 is 0 Å². The molecular formula is C12H10ClNO5S2. The predicted octanol–water partition coefficient (Wildman–Crippen LogP) is 2.78. The van der Waals surface area contributed by atoms with Crippen molar-refractivity contribution < 1.29 is 22.7 Å². The van der Waals surface area contributed by atoms with Gasteiger partial charge in [-0.3, -0.25) is 0 Å². The van der Waals surface area contributed by atoms with E-state index in [1.807, 2.05) is 0 Å². The van der Waals surface area contributed by atoms with Gasteiger partial charge in [0, 0.05) is 6.26 Å². The van der Waals surface area contributed by atoms with Gasteiger partial charge in [0.05, 0.1) is 12.0 Å². The molecule has 2 aromatic rings. The molecule has 112 valence electrons. The fraction of sp³-hybridized carbons (Fsp3) is 0.167. The summed E-state index contributed by atoms with van der Waals surface area (Å²) < 4.78 is 32.7. The van der Waals surface area contributed by atoms with Crippen LogP contribution in [0, 0.1) is 0 Å². The lowest BCUT2D eigenvalue weighted by Gasteiger charge is -2.02. The normalized spacial score (nSPS) is 11.2. The van der Waals surface area contributed by atoms with Gasteiger partial charge in [0.1, 0.15) is 5.75 Å². The van der Waals surface area contributed by atoms with Crippen molar-refractivity contribution in [2.75, 3.05) is 13.4 Å². The van der Waals surface area contributed by atoms with Crippen molar-refractivity contribution in [3.05, 3.63) is 34.3 Å². The number of benzene rings is 1. The summed E-state index contributed by atoms with van der Waals surface area (Å²) >= 11 is 6.75. The molecule has 0 fully saturated rings. The van der Waals surface area contributed by atoms with E-state index in [0.717, 1.165) is 17.6 Å². The molecule has 0 spiro atoms. The molecule has 0 aliphatic heterocycles. The van der Waals surface area contributed by atoms with Crippen LogP contribution in [-0.2, 0) is 14.6 Å². The summed E-state index contributed by atoms with van der Waals surface area (Å²) in [5.41, 5.74) is 0. The van der Waals surface area contributed by atoms with E-state index in [1.54, 1.807) is 0 Å². The number of sulfone groups is 1. The zero-order chi connectivity index (χ0) is 15.6. The fourth-order valence-corrected chi connectivity index (χ4v) is 3.10. The summed E-state index contributed by atoms with van der Waals surface area (Å²) in [7, 11) is -2.02. The Balaban J connectivity index is 2.21. The zero-order valence-corrected chi connectivity index (χ0v) is 13.4. The molecule has 0 bridgehead atoms. The maximum absolute atomic E-state index is 11.4. The highest BCUT2D eigenvalue weighted by Gasteiger charge is 2.18. The minimum absolute atomic E-state index is 0.00499. The van der Waals surface area contributed by atoms with Crippen molar-refractivity contribution >= 4 is 38.7 Å². The molecule has 21 heavy (non-hydrogen) atoms. The van der Waals surface area contributed by atoms with E-state index in [0.29, 0.717) is 5.75 Å². The summed E-state index contributed by atoms with van der Waals surface area (Å²) in [6.45, 7) is 0. The van der Waals surface area contributed by atoms with Gasteiger partial charge in [-0.15, -0.1) is 0 Å². The van der Waals surface area contributed by atoms with Crippen LogP contribution < -0.4 is 4.74 Å². The summed E-state index contributed by atoms with van der Waals surface area (Å²) in [5.74, 6) is -0.219. The first-order valence-corrected chi connectivity index (χ1v) is 8.62. The highest BCUT2D eigenvalue weighted by molar-refractivity contribution is 7.90. The van der Waals surface area contributed by atoms with Crippen LogP contribution in [0.15, 0.2) is 29.2 Å². The lowest BCUT2D eigenvalue weighted by Crippen LogP contribution is -1.98. The second-order valence-electron chi connectivity index (χ2n) is 3.94. The number of esters is 1. The topological polar surface area (TPSA) is 82.6 Å². The number of halogens is 1. The van der Waals surface area contributed by atoms with E-state index in [2.05, 4.69) is 9.72 Å². The average Bonchev–Trinajstić information content (AvgIpc) is 2.78. The van der Waals surface area contributed by atoms with E-state index in [-0.39, 0.29) is 20.1 Å². The molecule has 0 N–H and O–H groups in total. The Morgan fingerprint density at radius 2 is 1.90 bits per heavy atom. The van der Waals surface area contributed by atoms with Gasteiger partial charge in [-0.1, -0.05) is 22.9 Å². The first-order valence-electron chi connectivity index (χ1n) is 5.54. The molecule has 0 aliphatic carbocycles. The van der Waals surface area contributed by atoms with E-state index in [4.69, 9.17) is 16.3 Å².